The number of hydrogen-bond acceptors (Lipinski definition) is 4. The van der Waals surface area contributed by atoms with E-state index in [1.54, 1.807) is 7.11 Å². The second-order valence-electron chi connectivity index (χ2n) is 5.22. The first-order valence-corrected chi connectivity index (χ1v) is 7.32. The molecule has 2 amide bonds. The lowest BCUT2D eigenvalue weighted by atomic mass is 9.78. The molecule has 1 saturated carbocycles. The Kier molecular flexibility index (Phi) is 7.74. The molecule has 0 aromatic rings. The maximum absolute atomic E-state index is 12.0. The number of carboxylic acid groups (broad SMARTS) is 1. The van der Waals surface area contributed by atoms with Crippen molar-refractivity contribution >= 4 is 17.8 Å². The van der Waals surface area contributed by atoms with Gasteiger partial charge >= 0.3 is 5.97 Å². The molecule has 1 aliphatic rings. The molecule has 0 aromatic heterocycles. The van der Waals surface area contributed by atoms with Gasteiger partial charge in [0.15, 0.2) is 0 Å². The lowest BCUT2D eigenvalue weighted by molar-refractivity contribution is -0.149. The van der Waals surface area contributed by atoms with E-state index in [2.05, 4.69) is 10.6 Å². The van der Waals surface area contributed by atoms with Gasteiger partial charge in [-0.3, -0.25) is 14.4 Å². The zero-order chi connectivity index (χ0) is 15.7. The molecule has 0 heterocycles. The van der Waals surface area contributed by atoms with Crippen LogP contribution in [0.4, 0.5) is 0 Å². The summed E-state index contributed by atoms with van der Waals surface area (Å²) in [5, 5.41) is 14.5. The minimum Gasteiger partial charge on any atom is -0.481 e. The smallest absolute Gasteiger partial charge is 0.307 e. The van der Waals surface area contributed by atoms with Gasteiger partial charge in [0.2, 0.25) is 11.8 Å². The average Bonchev–Trinajstić information content (AvgIpc) is 2.47. The Morgan fingerprint density at radius 3 is 2.38 bits per heavy atom. The summed E-state index contributed by atoms with van der Waals surface area (Å²) in [6.07, 6.45) is 3.05. The molecule has 0 radical (unpaired) electrons. The first-order chi connectivity index (χ1) is 10.1. The highest BCUT2D eigenvalue weighted by molar-refractivity contribution is 5.85. The van der Waals surface area contributed by atoms with Crippen molar-refractivity contribution in [2.75, 3.05) is 26.8 Å². The minimum absolute atomic E-state index is 0.161. The van der Waals surface area contributed by atoms with Crippen molar-refractivity contribution in [1.82, 2.24) is 10.6 Å². The molecule has 2 atom stereocenters. The largest absolute Gasteiger partial charge is 0.481 e. The summed E-state index contributed by atoms with van der Waals surface area (Å²) in [4.78, 5) is 34.6. The van der Waals surface area contributed by atoms with Gasteiger partial charge in [-0.1, -0.05) is 12.8 Å². The molecular formula is C14H24N2O5. The molecule has 1 rings (SSSR count). The number of carboxylic acids is 1. The number of nitrogens with one attached hydrogen (secondary N) is 2. The van der Waals surface area contributed by atoms with Gasteiger partial charge in [-0.05, 0) is 12.8 Å². The van der Waals surface area contributed by atoms with E-state index in [9.17, 15) is 14.4 Å². The van der Waals surface area contributed by atoms with E-state index in [1.807, 2.05) is 0 Å². The second-order valence-corrected chi connectivity index (χ2v) is 5.22. The van der Waals surface area contributed by atoms with Gasteiger partial charge < -0.3 is 20.5 Å². The van der Waals surface area contributed by atoms with Crippen molar-refractivity contribution in [2.24, 2.45) is 11.8 Å². The number of methoxy groups -OCH3 is 1. The number of amides is 2. The molecule has 1 aliphatic carbocycles. The van der Waals surface area contributed by atoms with E-state index < -0.39 is 17.8 Å². The van der Waals surface area contributed by atoms with E-state index in [4.69, 9.17) is 9.84 Å². The third kappa shape index (κ3) is 6.12. The third-order valence-corrected chi connectivity index (χ3v) is 3.70. The van der Waals surface area contributed by atoms with Crippen LogP contribution in [-0.4, -0.2) is 49.7 Å². The Morgan fingerprint density at radius 1 is 1.10 bits per heavy atom. The van der Waals surface area contributed by atoms with Gasteiger partial charge in [0.25, 0.3) is 0 Å². The Bertz CT molecular complexity index is 372. The first kappa shape index (κ1) is 17.4. The van der Waals surface area contributed by atoms with Crippen LogP contribution in [0.1, 0.15) is 32.1 Å². The van der Waals surface area contributed by atoms with E-state index in [0.717, 1.165) is 12.8 Å². The molecule has 0 aromatic carbocycles. The maximum Gasteiger partial charge on any atom is 0.307 e. The number of carbonyl (C=O) groups excluding carboxylic acids is 2. The lowest BCUT2D eigenvalue weighted by Gasteiger charge is -2.27. The molecule has 2 unspecified atom stereocenters. The highest BCUT2D eigenvalue weighted by Crippen LogP contribution is 2.30. The fraction of sp³-hybridized carbons (Fsp3) is 0.786. The Morgan fingerprint density at radius 2 is 1.76 bits per heavy atom. The zero-order valence-electron chi connectivity index (χ0n) is 12.4. The first-order valence-electron chi connectivity index (χ1n) is 7.32. The molecule has 0 spiro atoms. The fourth-order valence-corrected chi connectivity index (χ4v) is 2.55. The van der Waals surface area contributed by atoms with E-state index in [-0.39, 0.29) is 24.8 Å². The van der Waals surface area contributed by atoms with Crippen LogP contribution in [0, 0.1) is 11.8 Å². The average molecular weight is 300 g/mol. The molecule has 3 N–H and O–H groups in total. The standard InChI is InChI=1S/C14H24N2O5/c1-21-9-8-15-12(17)6-7-16-13(18)10-4-2-3-5-11(10)14(19)20/h10-11H,2-9H2,1H3,(H,15,17)(H,16,18)(H,19,20). The van der Waals surface area contributed by atoms with Gasteiger partial charge in [-0.15, -0.1) is 0 Å². The Balaban J connectivity index is 2.29. The Labute approximate surface area is 124 Å². The molecule has 0 saturated heterocycles. The number of rotatable bonds is 8. The number of ether oxygens (including phenoxy) is 1. The molecule has 7 heteroatoms. The van der Waals surface area contributed by atoms with Crippen LogP contribution in [-0.2, 0) is 19.1 Å². The van der Waals surface area contributed by atoms with Crippen LogP contribution in [0.25, 0.3) is 0 Å². The number of aliphatic carboxylic acids is 1. The molecular weight excluding hydrogens is 276 g/mol. The summed E-state index contributed by atoms with van der Waals surface area (Å²) >= 11 is 0. The topological polar surface area (TPSA) is 105 Å². The van der Waals surface area contributed by atoms with E-state index in [0.29, 0.717) is 26.0 Å². The normalized spacial score (nSPS) is 21.6. The van der Waals surface area contributed by atoms with Gasteiger partial charge in [-0.2, -0.15) is 0 Å². The van der Waals surface area contributed by atoms with E-state index in [1.165, 1.54) is 0 Å². The molecule has 0 bridgehead atoms. The van der Waals surface area contributed by atoms with Crippen molar-refractivity contribution in [3.8, 4) is 0 Å². The van der Waals surface area contributed by atoms with Crippen molar-refractivity contribution in [3.63, 3.8) is 0 Å². The third-order valence-electron chi connectivity index (χ3n) is 3.70. The second kappa shape index (κ2) is 9.33. The lowest BCUT2D eigenvalue weighted by Crippen LogP contribution is -2.41. The van der Waals surface area contributed by atoms with Crippen LogP contribution in [0.3, 0.4) is 0 Å². The van der Waals surface area contributed by atoms with Gasteiger partial charge in [0.1, 0.15) is 0 Å². The highest BCUT2D eigenvalue weighted by Gasteiger charge is 2.35. The number of carbonyl (C=O) groups is 3. The maximum atomic E-state index is 12.0. The molecule has 7 nitrogen and oxygen atoms in total. The molecule has 21 heavy (non-hydrogen) atoms. The van der Waals surface area contributed by atoms with Gasteiger partial charge in [0, 0.05) is 26.6 Å². The monoisotopic (exact) mass is 300 g/mol. The quantitative estimate of drug-likeness (QED) is 0.553. The fourth-order valence-electron chi connectivity index (χ4n) is 2.55. The summed E-state index contributed by atoms with van der Waals surface area (Å²) in [6.45, 7) is 1.11. The van der Waals surface area contributed by atoms with Gasteiger partial charge in [-0.25, -0.2) is 0 Å². The summed E-state index contributed by atoms with van der Waals surface area (Å²) in [5.74, 6) is -2.41. The van der Waals surface area contributed by atoms with Crippen LogP contribution in [0.2, 0.25) is 0 Å². The SMILES string of the molecule is COCCNC(=O)CCNC(=O)C1CCCCC1C(=O)O. The zero-order valence-corrected chi connectivity index (χ0v) is 12.4. The van der Waals surface area contributed by atoms with Crippen molar-refractivity contribution in [1.29, 1.82) is 0 Å². The number of hydrogen-bond donors (Lipinski definition) is 3. The van der Waals surface area contributed by atoms with Crippen LogP contribution < -0.4 is 10.6 Å². The Hall–Kier alpha value is -1.63. The van der Waals surface area contributed by atoms with Crippen molar-refractivity contribution < 1.29 is 24.2 Å². The highest BCUT2D eigenvalue weighted by atomic mass is 16.5. The van der Waals surface area contributed by atoms with Crippen molar-refractivity contribution in [2.45, 2.75) is 32.1 Å². The summed E-state index contributed by atoms with van der Waals surface area (Å²) in [7, 11) is 1.55. The van der Waals surface area contributed by atoms with E-state index >= 15 is 0 Å². The van der Waals surface area contributed by atoms with Gasteiger partial charge in [0.05, 0.1) is 18.4 Å². The van der Waals surface area contributed by atoms with Crippen LogP contribution in [0.5, 0.6) is 0 Å². The summed E-state index contributed by atoms with van der Waals surface area (Å²) in [5.41, 5.74) is 0. The minimum atomic E-state index is -0.910. The van der Waals surface area contributed by atoms with Crippen LogP contribution >= 0.6 is 0 Å². The predicted octanol–water partition coefficient (Wildman–Crippen LogP) is 0.146. The van der Waals surface area contributed by atoms with Crippen molar-refractivity contribution in [3.05, 3.63) is 0 Å². The summed E-state index contributed by atoms with van der Waals surface area (Å²) in [6, 6.07) is 0. The molecule has 1 fully saturated rings. The summed E-state index contributed by atoms with van der Waals surface area (Å²) < 4.78 is 4.81. The molecule has 120 valence electrons. The molecule has 0 aliphatic heterocycles. The predicted molar refractivity (Wildman–Crippen MR) is 75.6 cm³/mol. The van der Waals surface area contributed by atoms with Crippen LogP contribution in [0.15, 0.2) is 0 Å².